The number of fused-ring (bicyclic) bond motifs is 1. The number of nitrogens with one attached hydrogen (secondary N) is 2. The van der Waals surface area contributed by atoms with Crippen molar-refractivity contribution in [2.45, 2.75) is 25.0 Å². The molecule has 0 bridgehead atoms. The molecule has 1 atom stereocenters. The molecule has 2 aromatic carbocycles. The quantitative estimate of drug-likeness (QED) is 0.622. The lowest BCUT2D eigenvalue weighted by Crippen LogP contribution is -2.16. The van der Waals surface area contributed by atoms with Crippen LogP contribution >= 0.6 is 0 Å². The van der Waals surface area contributed by atoms with E-state index in [9.17, 15) is 13.2 Å². The smallest absolute Gasteiger partial charge is 0.340 e. The molecule has 148 valence electrons. The minimum Gasteiger partial charge on any atom is -0.434 e. The van der Waals surface area contributed by atoms with Gasteiger partial charge in [-0.25, -0.2) is 27.9 Å². The standard InChI is InChI=1S/C20H18N4O4S/c1-12-11-13(2)22-20(21-12)24-29(26,27)15-9-7-14(8-10-15)23-18-16-5-3-4-6-17(16)19(25)28-18/h3-11,18,23H,1-2H3,(H,21,22,24)/t18-/m1/s1. The van der Waals surface area contributed by atoms with E-state index in [1.54, 1.807) is 44.2 Å². The third kappa shape index (κ3) is 3.90. The number of esters is 1. The van der Waals surface area contributed by atoms with Crippen LogP contribution in [0.5, 0.6) is 0 Å². The van der Waals surface area contributed by atoms with Gasteiger partial charge in [-0.1, -0.05) is 18.2 Å². The maximum atomic E-state index is 12.6. The first-order valence-electron chi connectivity index (χ1n) is 8.83. The number of hydrogen-bond donors (Lipinski definition) is 2. The number of benzene rings is 2. The SMILES string of the molecule is Cc1cc(C)nc(NS(=O)(=O)c2ccc(N[C@@H]3OC(=O)c4ccccc43)cc2)n1. The highest BCUT2D eigenvalue weighted by atomic mass is 32.2. The van der Waals surface area contributed by atoms with Crippen LogP contribution in [0, 0.1) is 13.8 Å². The highest BCUT2D eigenvalue weighted by molar-refractivity contribution is 7.92. The van der Waals surface area contributed by atoms with Gasteiger partial charge in [0.1, 0.15) is 0 Å². The number of carbonyl (C=O) groups is 1. The Balaban J connectivity index is 1.51. The van der Waals surface area contributed by atoms with Gasteiger partial charge in [-0.15, -0.1) is 0 Å². The van der Waals surface area contributed by atoms with E-state index < -0.39 is 22.2 Å². The van der Waals surface area contributed by atoms with Crippen LogP contribution in [0.3, 0.4) is 0 Å². The molecule has 9 heteroatoms. The number of aryl methyl sites for hydroxylation is 2. The molecule has 0 amide bonds. The number of hydrogen-bond acceptors (Lipinski definition) is 7. The van der Waals surface area contributed by atoms with Crippen molar-refractivity contribution in [3.05, 3.63) is 77.1 Å². The lowest BCUT2D eigenvalue weighted by atomic mass is 10.1. The van der Waals surface area contributed by atoms with Crippen molar-refractivity contribution in [1.29, 1.82) is 0 Å². The molecule has 0 aliphatic carbocycles. The van der Waals surface area contributed by atoms with E-state index in [0.717, 1.165) is 5.56 Å². The molecule has 8 nitrogen and oxygen atoms in total. The summed E-state index contributed by atoms with van der Waals surface area (Å²) in [6, 6.07) is 15.0. The zero-order chi connectivity index (χ0) is 20.6. The third-order valence-corrected chi connectivity index (χ3v) is 5.70. The van der Waals surface area contributed by atoms with Gasteiger partial charge in [0.25, 0.3) is 10.0 Å². The molecular formula is C20H18N4O4S. The molecule has 0 saturated heterocycles. The van der Waals surface area contributed by atoms with Gasteiger partial charge < -0.3 is 10.1 Å². The van der Waals surface area contributed by atoms with E-state index in [2.05, 4.69) is 20.0 Å². The molecule has 1 aromatic heterocycles. The largest absolute Gasteiger partial charge is 0.434 e. The third-order valence-electron chi connectivity index (χ3n) is 4.36. The maximum absolute atomic E-state index is 12.6. The molecule has 0 spiro atoms. The zero-order valence-electron chi connectivity index (χ0n) is 15.7. The number of anilines is 2. The summed E-state index contributed by atoms with van der Waals surface area (Å²) in [7, 11) is -3.84. The van der Waals surface area contributed by atoms with Gasteiger partial charge in [0.15, 0.2) is 0 Å². The fourth-order valence-electron chi connectivity index (χ4n) is 3.09. The Morgan fingerprint density at radius 2 is 1.62 bits per heavy atom. The van der Waals surface area contributed by atoms with E-state index in [-0.39, 0.29) is 10.8 Å². The van der Waals surface area contributed by atoms with Crippen molar-refractivity contribution in [2.75, 3.05) is 10.0 Å². The number of cyclic esters (lactones) is 1. The summed E-state index contributed by atoms with van der Waals surface area (Å²) in [5.74, 6) is -0.367. The van der Waals surface area contributed by atoms with E-state index in [4.69, 9.17) is 4.74 Å². The van der Waals surface area contributed by atoms with E-state index in [1.807, 2.05) is 12.1 Å². The predicted molar refractivity (Wildman–Crippen MR) is 107 cm³/mol. The molecule has 0 radical (unpaired) electrons. The van der Waals surface area contributed by atoms with Crippen LogP contribution < -0.4 is 10.0 Å². The molecule has 4 rings (SSSR count). The number of sulfonamides is 1. The van der Waals surface area contributed by atoms with Gasteiger partial charge >= 0.3 is 5.97 Å². The highest BCUT2D eigenvalue weighted by Gasteiger charge is 2.30. The van der Waals surface area contributed by atoms with Crippen molar-refractivity contribution >= 4 is 27.6 Å². The van der Waals surface area contributed by atoms with Gasteiger partial charge in [0.05, 0.1) is 10.5 Å². The first-order chi connectivity index (χ1) is 13.8. The van der Waals surface area contributed by atoms with E-state index in [1.165, 1.54) is 12.1 Å². The molecule has 0 saturated carbocycles. The first-order valence-corrected chi connectivity index (χ1v) is 10.3. The van der Waals surface area contributed by atoms with Crippen LogP contribution in [-0.2, 0) is 14.8 Å². The molecule has 1 aliphatic rings. The van der Waals surface area contributed by atoms with Gasteiger partial charge in [-0.05, 0) is 50.2 Å². The number of carbonyl (C=O) groups excluding carboxylic acids is 1. The zero-order valence-corrected chi connectivity index (χ0v) is 16.5. The van der Waals surface area contributed by atoms with Crippen LogP contribution in [0.1, 0.15) is 33.5 Å². The van der Waals surface area contributed by atoms with Crippen LogP contribution in [-0.4, -0.2) is 24.4 Å². The minimum absolute atomic E-state index is 0.0270. The monoisotopic (exact) mass is 410 g/mol. The highest BCUT2D eigenvalue weighted by Crippen LogP contribution is 2.31. The van der Waals surface area contributed by atoms with Crippen molar-refractivity contribution in [3.8, 4) is 0 Å². The minimum atomic E-state index is -3.84. The van der Waals surface area contributed by atoms with Crippen molar-refractivity contribution in [2.24, 2.45) is 0 Å². The summed E-state index contributed by atoms with van der Waals surface area (Å²) in [5, 5.41) is 3.09. The van der Waals surface area contributed by atoms with Crippen molar-refractivity contribution < 1.29 is 17.9 Å². The van der Waals surface area contributed by atoms with Crippen LogP contribution in [0.4, 0.5) is 11.6 Å². The fourth-order valence-corrected chi connectivity index (χ4v) is 4.03. The maximum Gasteiger partial charge on any atom is 0.340 e. The second-order valence-electron chi connectivity index (χ2n) is 6.62. The Morgan fingerprint density at radius 1 is 0.966 bits per heavy atom. The van der Waals surface area contributed by atoms with Crippen LogP contribution in [0.15, 0.2) is 59.5 Å². The van der Waals surface area contributed by atoms with Crippen molar-refractivity contribution in [1.82, 2.24) is 9.97 Å². The number of aromatic nitrogens is 2. The average molecular weight is 410 g/mol. The second-order valence-corrected chi connectivity index (χ2v) is 8.30. The molecule has 2 heterocycles. The molecular weight excluding hydrogens is 392 g/mol. The van der Waals surface area contributed by atoms with Gasteiger partial charge in [-0.2, -0.15) is 0 Å². The fraction of sp³-hybridized carbons (Fsp3) is 0.150. The van der Waals surface area contributed by atoms with Gasteiger partial charge in [-0.3, -0.25) is 0 Å². The Bertz CT molecular complexity index is 1170. The molecule has 0 unspecified atom stereocenters. The van der Waals surface area contributed by atoms with Crippen LogP contribution in [0.25, 0.3) is 0 Å². The summed E-state index contributed by atoms with van der Waals surface area (Å²) < 4.78 is 32.9. The Labute approximate surface area is 168 Å². The summed E-state index contributed by atoms with van der Waals surface area (Å²) in [6.45, 7) is 3.53. The normalized spacial score (nSPS) is 15.5. The van der Waals surface area contributed by atoms with Crippen molar-refractivity contribution in [3.63, 3.8) is 0 Å². The first kappa shape index (κ1) is 18.9. The summed E-state index contributed by atoms with van der Waals surface area (Å²) in [5.41, 5.74) is 3.20. The molecule has 2 N–H and O–H groups in total. The lowest BCUT2D eigenvalue weighted by molar-refractivity contribution is 0.0437. The Hall–Kier alpha value is -3.46. The summed E-state index contributed by atoms with van der Waals surface area (Å²) >= 11 is 0. The number of rotatable bonds is 5. The molecule has 29 heavy (non-hydrogen) atoms. The van der Waals surface area contributed by atoms with Crippen LogP contribution in [0.2, 0.25) is 0 Å². The number of ether oxygens (including phenoxy) is 1. The van der Waals surface area contributed by atoms with E-state index in [0.29, 0.717) is 22.6 Å². The molecule has 3 aromatic rings. The lowest BCUT2D eigenvalue weighted by Gasteiger charge is -2.15. The van der Waals surface area contributed by atoms with Gasteiger partial charge in [0.2, 0.25) is 12.2 Å². The molecule has 1 aliphatic heterocycles. The predicted octanol–water partition coefficient (Wildman–Crippen LogP) is 3.18. The second kappa shape index (κ2) is 7.17. The summed E-state index contributed by atoms with van der Waals surface area (Å²) in [6.07, 6.45) is -0.622. The van der Waals surface area contributed by atoms with E-state index >= 15 is 0 Å². The molecule has 0 fully saturated rings. The number of nitrogens with zero attached hydrogens (tertiary/aromatic N) is 2. The van der Waals surface area contributed by atoms with Gasteiger partial charge in [0, 0.05) is 22.6 Å². The Kier molecular flexibility index (Phi) is 4.67. The topological polar surface area (TPSA) is 110 Å². The average Bonchev–Trinajstić information content (AvgIpc) is 2.97. The Morgan fingerprint density at radius 3 is 2.31 bits per heavy atom. The summed E-state index contributed by atoms with van der Waals surface area (Å²) in [4.78, 5) is 20.2.